The Kier molecular flexibility index (Phi) is 11.3. The van der Waals surface area contributed by atoms with Gasteiger partial charge in [-0.2, -0.15) is 0 Å². The lowest BCUT2D eigenvalue weighted by atomic mass is 9.95. The lowest BCUT2D eigenvalue weighted by Gasteiger charge is -2.51. The molecule has 0 saturated carbocycles. The molecule has 0 unspecified atom stereocenters. The van der Waals surface area contributed by atoms with E-state index in [2.05, 4.69) is 0 Å². The summed E-state index contributed by atoms with van der Waals surface area (Å²) in [5, 5.41) is 12.0. The van der Waals surface area contributed by atoms with Crippen molar-refractivity contribution in [3.8, 4) is 0 Å². The average molecular weight is 713 g/mol. The molecule has 52 heavy (non-hydrogen) atoms. The number of fused-ring (bicyclic) bond motifs is 2. The summed E-state index contributed by atoms with van der Waals surface area (Å²) in [7, 11) is 1.54. The van der Waals surface area contributed by atoms with Crippen LogP contribution in [0.3, 0.4) is 0 Å². The van der Waals surface area contributed by atoms with Gasteiger partial charge in [0.05, 0.1) is 26.4 Å². The molecular formula is C41H44O11. The van der Waals surface area contributed by atoms with E-state index >= 15 is 0 Å². The molecule has 1 N–H and O–H groups in total. The third kappa shape index (κ3) is 7.86. The SMILES string of the molecule is CO[C@H]1O[C@@H]2CO[C@@H](c3ccccc3)O[C@H]2[C@H](OCc2ccccc2)[C@@H]1O[C@@H]1O[C@@H]2CO[C@@H](c3ccccc3)O[C@H]2[C@H](OCc2ccccc2)[C@@H]1O. The molecule has 4 aliphatic heterocycles. The van der Waals surface area contributed by atoms with Gasteiger partial charge in [-0.05, 0) is 11.1 Å². The molecule has 0 bridgehead atoms. The van der Waals surface area contributed by atoms with Gasteiger partial charge in [-0.25, -0.2) is 0 Å². The average Bonchev–Trinajstić information content (AvgIpc) is 3.21. The van der Waals surface area contributed by atoms with Gasteiger partial charge in [0.2, 0.25) is 0 Å². The highest BCUT2D eigenvalue weighted by Gasteiger charge is 2.56. The highest BCUT2D eigenvalue weighted by Crippen LogP contribution is 2.40. The second-order valence-electron chi connectivity index (χ2n) is 13.3. The number of aliphatic hydroxyl groups is 1. The maximum atomic E-state index is 12.0. The minimum absolute atomic E-state index is 0.189. The Morgan fingerprint density at radius 2 is 0.981 bits per heavy atom. The van der Waals surface area contributed by atoms with E-state index < -0.39 is 74.0 Å². The van der Waals surface area contributed by atoms with Crippen LogP contribution in [-0.2, 0) is 60.6 Å². The van der Waals surface area contributed by atoms with Gasteiger partial charge in [0.25, 0.3) is 0 Å². The lowest BCUT2D eigenvalue weighted by molar-refractivity contribution is -0.408. The van der Waals surface area contributed by atoms with E-state index in [4.69, 9.17) is 47.4 Å². The molecule has 4 fully saturated rings. The van der Waals surface area contributed by atoms with Gasteiger partial charge in [0, 0.05) is 18.2 Å². The van der Waals surface area contributed by atoms with Crippen LogP contribution in [0.5, 0.6) is 0 Å². The lowest BCUT2D eigenvalue weighted by Crippen LogP contribution is -2.67. The first-order valence-corrected chi connectivity index (χ1v) is 17.8. The first-order chi connectivity index (χ1) is 25.6. The molecule has 4 heterocycles. The molecule has 4 aromatic carbocycles. The van der Waals surface area contributed by atoms with Crippen molar-refractivity contribution in [2.24, 2.45) is 0 Å². The van der Waals surface area contributed by atoms with E-state index in [0.29, 0.717) is 0 Å². The number of benzene rings is 4. The number of rotatable bonds is 11. The number of ether oxygens (including phenoxy) is 10. The van der Waals surface area contributed by atoms with Crippen LogP contribution in [0.15, 0.2) is 121 Å². The summed E-state index contributed by atoms with van der Waals surface area (Å²) in [5.74, 6) is 0. The zero-order valence-electron chi connectivity index (χ0n) is 28.8. The van der Waals surface area contributed by atoms with Crippen LogP contribution in [0.25, 0.3) is 0 Å². The van der Waals surface area contributed by atoms with Crippen molar-refractivity contribution in [3.63, 3.8) is 0 Å². The molecule has 274 valence electrons. The van der Waals surface area contributed by atoms with Gasteiger partial charge in [-0.15, -0.1) is 0 Å². The fraction of sp³-hybridized carbons (Fsp3) is 0.415. The molecule has 11 heteroatoms. The molecule has 0 aromatic heterocycles. The zero-order valence-corrected chi connectivity index (χ0v) is 28.8. The molecule has 12 atom stereocenters. The topological polar surface area (TPSA) is 113 Å². The maximum absolute atomic E-state index is 12.0. The summed E-state index contributed by atoms with van der Waals surface area (Å²) in [6.07, 6.45) is -9.46. The molecule has 4 aromatic rings. The Hall–Kier alpha value is -3.56. The van der Waals surface area contributed by atoms with Gasteiger partial charge in [0.15, 0.2) is 25.2 Å². The van der Waals surface area contributed by atoms with E-state index in [1.165, 1.54) is 0 Å². The fourth-order valence-corrected chi connectivity index (χ4v) is 7.18. The predicted octanol–water partition coefficient (Wildman–Crippen LogP) is 5.23. The van der Waals surface area contributed by atoms with Gasteiger partial charge in [0.1, 0.15) is 48.8 Å². The third-order valence-corrected chi connectivity index (χ3v) is 9.83. The van der Waals surface area contributed by atoms with Gasteiger partial charge >= 0.3 is 0 Å². The fourth-order valence-electron chi connectivity index (χ4n) is 7.18. The minimum atomic E-state index is -1.27. The summed E-state index contributed by atoms with van der Waals surface area (Å²) in [6.45, 7) is 0.957. The molecule has 8 rings (SSSR count). The summed E-state index contributed by atoms with van der Waals surface area (Å²) in [6, 6.07) is 39.0. The van der Waals surface area contributed by atoms with Crippen LogP contribution < -0.4 is 0 Å². The van der Waals surface area contributed by atoms with Crippen LogP contribution in [0.4, 0.5) is 0 Å². The van der Waals surface area contributed by atoms with Crippen molar-refractivity contribution in [2.45, 2.75) is 87.2 Å². The van der Waals surface area contributed by atoms with Crippen LogP contribution in [-0.4, -0.2) is 86.8 Å². The predicted molar refractivity (Wildman–Crippen MR) is 185 cm³/mol. The number of aliphatic hydroxyl groups excluding tert-OH is 1. The Balaban J connectivity index is 1.06. The van der Waals surface area contributed by atoms with Crippen molar-refractivity contribution in [1.82, 2.24) is 0 Å². The molecule has 11 nitrogen and oxygen atoms in total. The molecule has 0 spiro atoms. The highest BCUT2D eigenvalue weighted by atomic mass is 16.8. The van der Waals surface area contributed by atoms with Crippen LogP contribution in [0, 0.1) is 0 Å². The molecule has 4 aliphatic rings. The van der Waals surface area contributed by atoms with E-state index in [0.717, 1.165) is 22.3 Å². The van der Waals surface area contributed by atoms with E-state index in [-0.39, 0.29) is 26.4 Å². The van der Waals surface area contributed by atoms with Crippen LogP contribution in [0.1, 0.15) is 34.8 Å². The van der Waals surface area contributed by atoms with Crippen molar-refractivity contribution in [2.75, 3.05) is 20.3 Å². The smallest absolute Gasteiger partial charge is 0.187 e. The monoisotopic (exact) mass is 712 g/mol. The summed E-state index contributed by atoms with van der Waals surface area (Å²) in [4.78, 5) is 0. The second-order valence-corrected chi connectivity index (χ2v) is 13.3. The van der Waals surface area contributed by atoms with E-state index in [9.17, 15) is 5.11 Å². The zero-order chi connectivity index (χ0) is 35.3. The Morgan fingerprint density at radius 1 is 0.538 bits per heavy atom. The maximum Gasteiger partial charge on any atom is 0.187 e. The highest BCUT2D eigenvalue weighted by molar-refractivity contribution is 5.19. The van der Waals surface area contributed by atoms with Crippen LogP contribution >= 0.6 is 0 Å². The second kappa shape index (κ2) is 16.6. The molecule has 0 aliphatic carbocycles. The summed E-state index contributed by atoms with van der Waals surface area (Å²) >= 11 is 0. The molecule has 0 amide bonds. The Morgan fingerprint density at radius 3 is 1.48 bits per heavy atom. The van der Waals surface area contributed by atoms with Crippen molar-refractivity contribution >= 4 is 0 Å². The van der Waals surface area contributed by atoms with Crippen molar-refractivity contribution < 1.29 is 52.5 Å². The molecule has 4 saturated heterocycles. The normalized spacial score (nSPS) is 34.6. The molecule has 0 radical (unpaired) electrons. The van der Waals surface area contributed by atoms with Gasteiger partial charge in [-0.3, -0.25) is 0 Å². The number of hydrogen-bond acceptors (Lipinski definition) is 11. The standard InChI is InChI=1S/C41H44O11/c1-43-41-37(36(45-23-27-16-8-3-9-17-27)34-31(49-41)25-47-39(51-34)29-20-12-5-13-21-29)52-40-32(42)35(44-22-26-14-6-2-7-15-26)33-30(48-40)24-46-38(50-33)28-18-10-4-11-19-28/h2-21,30-42H,22-25H2,1H3/t30-,31-,32+,33-,34-,35-,36+,37+,38-,39-,40+,41+/m1/s1. The summed E-state index contributed by atoms with van der Waals surface area (Å²) in [5.41, 5.74) is 3.65. The quantitative estimate of drug-likeness (QED) is 0.221. The third-order valence-electron chi connectivity index (χ3n) is 9.83. The minimum Gasteiger partial charge on any atom is -0.385 e. The van der Waals surface area contributed by atoms with Gasteiger partial charge < -0.3 is 52.5 Å². The van der Waals surface area contributed by atoms with Crippen LogP contribution in [0.2, 0.25) is 0 Å². The molecular weight excluding hydrogens is 668 g/mol. The van der Waals surface area contributed by atoms with Crippen molar-refractivity contribution in [3.05, 3.63) is 144 Å². The van der Waals surface area contributed by atoms with Crippen molar-refractivity contribution in [1.29, 1.82) is 0 Å². The largest absolute Gasteiger partial charge is 0.385 e. The first kappa shape index (κ1) is 35.5. The summed E-state index contributed by atoms with van der Waals surface area (Å²) < 4.78 is 63.9. The van der Waals surface area contributed by atoms with E-state index in [1.807, 2.05) is 121 Å². The van der Waals surface area contributed by atoms with E-state index in [1.54, 1.807) is 7.11 Å². The first-order valence-electron chi connectivity index (χ1n) is 17.8. The number of hydrogen-bond donors (Lipinski definition) is 1. The Bertz CT molecular complexity index is 1670. The number of methoxy groups -OCH3 is 1. The van der Waals surface area contributed by atoms with Gasteiger partial charge in [-0.1, -0.05) is 121 Å². The Labute approximate surface area is 303 Å².